The van der Waals surface area contributed by atoms with Gasteiger partial charge in [0.15, 0.2) is 5.17 Å². The molecule has 0 spiro atoms. The number of carbonyl (C=O) groups is 2. The molecule has 2 amide bonds. The Kier molecular flexibility index (Phi) is 7.16. The van der Waals surface area contributed by atoms with Crippen LogP contribution in [0.4, 0.5) is 25.0 Å². The lowest BCUT2D eigenvalue weighted by molar-refractivity contribution is -0.136. The maximum Gasteiger partial charge on any atom is 0.338 e. The fourth-order valence-corrected chi connectivity index (χ4v) is 4.98. The molecule has 7 nitrogen and oxygen atoms in total. The summed E-state index contributed by atoms with van der Waals surface area (Å²) in [6.07, 6.45) is 1.56. The molecule has 2 heterocycles. The van der Waals surface area contributed by atoms with Gasteiger partial charge in [-0.25, -0.2) is 23.4 Å². The third kappa shape index (κ3) is 4.91. The molecule has 10 heteroatoms. The third-order valence-electron chi connectivity index (χ3n) is 5.55. The molecule has 0 aliphatic carbocycles. The summed E-state index contributed by atoms with van der Waals surface area (Å²) in [5.74, 6) is -1.04. The second-order valence-corrected chi connectivity index (χ2v) is 8.79. The summed E-state index contributed by atoms with van der Waals surface area (Å²) in [5.41, 5.74) is 2.42. The molecule has 0 aromatic heterocycles. The number of benzene rings is 2. The summed E-state index contributed by atoms with van der Waals surface area (Å²) in [4.78, 5) is 31.8. The fraction of sp³-hybridized carbons (Fsp3) is 0.292. The number of halogens is 2. The van der Waals surface area contributed by atoms with Crippen molar-refractivity contribution in [3.05, 3.63) is 70.9 Å². The van der Waals surface area contributed by atoms with Crippen LogP contribution in [-0.2, 0) is 9.53 Å². The van der Waals surface area contributed by atoms with Crippen LogP contribution in [0.25, 0.3) is 0 Å². The van der Waals surface area contributed by atoms with E-state index in [1.165, 1.54) is 7.11 Å². The first kappa shape index (κ1) is 23.7. The topological polar surface area (TPSA) is 83.0 Å². The number of methoxy groups -OCH3 is 1. The summed E-state index contributed by atoms with van der Waals surface area (Å²) in [7, 11) is 1.36. The van der Waals surface area contributed by atoms with Gasteiger partial charge in [0.25, 0.3) is 0 Å². The number of ether oxygens (including phenoxy) is 1. The highest BCUT2D eigenvalue weighted by atomic mass is 32.2. The van der Waals surface area contributed by atoms with Gasteiger partial charge in [0.05, 0.1) is 30.1 Å². The Morgan fingerprint density at radius 2 is 1.94 bits per heavy atom. The van der Waals surface area contributed by atoms with E-state index in [-0.39, 0.29) is 11.7 Å². The number of hydrogen-bond acceptors (Lipinski definition) is 6. The maximum absolute atomic E-state index is 13.8. The van der Waals surface area contributed by atoms with E-state index in [9.17, 15) is 18.4 Å². The lowest BCUT2D eigenvalue weighted by atomic mass is 9.93. The predicted octanol–water partition coefficient (Wildman–Crippen LogP) is 5.30. The molecule has 0 bridgehead atoms. The minimum absolute atomic E-state index is 0.132. The number of urea groups is 1. The molecule has 178 valence electrons. The van der Waals surface area contributed by atoms with Gasteiger partial charge in [-0.1, -0.05) is 30.8 Å². The molecule has 4 rings (SSSR count). The highest BCUT2D eigenvalue weighted by Gasteiger charge is 2.38. The molecule has 2 aliphatic heterocycles. The number of nitrogens with zero attached hydrogens (tertiary/aromatic N) is 2. The van der Waals surface area contributed by atoms with Gasteiger partial charge in [-0.05, 0) is 42.7 Å². The van der Waals surface area contributed by atoms with Gasteiger partial charge in [-0.2, -0.15) is 0 Å². The van der Waals surface area contributed by atoms with Crippen LogP contribution in [0.3, 0.4) is 0 Å². The predicted molar refractivity (Wildman–Crippen MR) is 129 cm³/mol. The van der Waals surface area contributed by atoms with E-state index in [2.05, 4.69) is 15.5 Å². The van der Waals surface area contributed by atoms with Gasteiger partial charge in [-0.3, -0.25) is 0 Å². The highest BCUT2D eigenvalue weighted by Crippen LogP contribution is 2.40. The quantitative estimate of drug-likeness (QED) is 0.561. The lowest BCUT2D eigenvalue weighted by Gasteiger charge is -2.40. The van der Waals surface area contributed by atoms with Crippen molar-refractivity contribution in [1.82, 2.24) is 4.90 Å². The lowest BCUT2D eigenvalue weighted by Crippen LogP contribution is -2.42. The normalized spacial score (nSPS) is 17.6. The van der Waals surface area contributed by atoms with Crippen LogP contribution in [0.1, 0.15) is 31.4 Å². The van der Waals surface area contributed by atoms with Crippen LogP contribution in [0, 0.1) is 11.6 Å². The Morgan fingerprint density at radius 1 is 1.18 bits per heavy atom. The van der Waals surface area contributed by atoms with E-state index >= 15 is 0 Å². The van der Waals surface area contributed by atoms with Gasteiger partial charge in [-0.15, -0.1) is 0 Å². The average molecular weight is 487 g/mol. The molecule has 1 unspecified atom stereocenters. The Bertz CT molecular complexity index is 1170. The summed E-state index contributed by atoms with van der Waals surface area (Å²) in [6.45, 7) is 2.72. The summed E-state index contributed by atoms with van der Waals surface area (Å²) in [5, 5.41) is 5.88. The molecular formula is C24H24F2N4O3S. The van der Waals surface area contributed by atoms with Crippen molar-refractivity contribution in [2.45, 2.75) is 25.8 Å². The molecular weight excluding hydrogens is 462 g/mol. The first-order chi connectivity index (χ1) is 16.4. The van der Waals surface area contributed by atoms with Gasteiger partial charge in [0.2, 0.25) is 0 Å². The van der Waals surface area contributed by atoms with Crippen molar-refractivity contribution in [1.29, 1.82) is 0 Å². The number of thioether (sulfide) groups is 1. The maximum atomic E-state index is 13.8. The van der Waals surface area contributed by atoms with Crippen LogP contribution >= 0.6 is 11.8 Å². The van der Waals surface area contributed by atoms with E-state index in [1.54, 1.807) is 23.9 Å². The molecule has 2 aliphatic rings. The molecule has 2 N–H and O–H groups in total. The molecule has 1 fully saturated rings. The van der Waals surface area contributed by atoms with Gasteiger partial charge in [0, 0.05) is 24.1 Å². The Balaban J connectivity index is 1.56. The Morgan fingerprint density at radius 3 is 2.62 bits per heavy atom. The third-order valence-corrected chi connectivity index (χ3v) is 6.63. The van der Waals surface area contributed by atoms with Gasteiger partial charge >= 0.3 is 12.0 Å². The summed E-state index contributed by atoms with van der Waals surface area (Å²) in [6, 6.07) is 8.97. The minimum Gasteiger partial charge on any atom is -0.466 e. The van der Waals surface area contributed by atoms with E-state index < -0.39 is 23.6 Å². The van der Waals surface area contributed by atoms with Crippen molar-refractivity contribution in [3.63, 3.8) is 0 Å². The number of allylic oxidation sites excluding steroid dienone is 1. The zero-order valence-electron chi connectivity index (χ0n) is 18.7. The zero-order valence-corrected chi connectivity index (χ0v) is 19.5. The van der Waals surface area contributed by atoms with E-state index in [0.717, 1.165) is 41.6 Å². The second kappa shape index (κ2) is 10.3. The number of rotatable bonds is 5. The second-order valence-electron chi connectivity index (χ2n) is 7.72. The number of fused-ring (bicyclic) bond motifs is 1. The molecule has 34 heavy (non-hydrogen) atoms. The largest absolute Gasteiger partial charge is 0.466 e. The number of anilines is 2. The minimum atomic E-state index is -0.867. The number of nitrogens with one attached hydrogen (secondary N) is 2. The van der Waals surface area contributed by atoms with E-state index in [0.29, 0.717) is 29.4 Å². The molecule has 0 radical (unpaired) electrons. The number of aliphatic imine (C=N–C) groups is 1. The number of hydrogen-bond donors (Lipinski definition) is 2. The van der Waals surface area contributed by atoms with Gasteiger partial charge < -0.3 is 20.3 Å². The van der Waals surface area contributed by atoms with E-state index in [1.807, 2.05) is 19.1 Å². The van der Waals surface area contributed by atoms with Crippen molar-refractivity contribution in [3.8, 4) is 0 Å². The Labute approximate surface area is 200 Å². The standard InChI is InChI=1S/C24H24F2N4O3S/c1-3-18-20(22(31)33-2)21(30-11-4-12-34-24(30)29-18)14-5-8-16(9-6-14)27-23(32)28-19-10-7-15(25)13-17(19)26/h5-10,13,21H,3-4,11-12H2,1-2H3,(H2,27,28,32). The van der Waals surface area contributed by atoms with Crippen LogP contribution in [0.15, 0.2) is 58.7 Å². The van der Waals surface area contributed by atoms with Crippen LogP contribution in [0.5, 0.6) is 0 Å². The first-order valence-corrected chi connectivity index (χ1v) is 11.8. The van der Waals surface area contributed by atoms with Crippen LogP contribution < -0.4 is 10.6 Å². The van der Waals surface area contributed by atoms with Crippen molar-refractivity contribution < 1.29 is 23.1 Å². The molecule has 0 saturated carbocycles. The molecule has 2 aromatic carbocycles. The molecule has 1 saturated heterocycles. The molecule has 2 aromatic rings. The van der Waals surface area contributed by atoms with Crippen molar-refractivity contribution >= 4 is 40.3 Å². The smallest absolute Gasteiger partial charge is 0.338 e. The summed E-state index contributed by atoms with van der Waals surface area (Å²) >= 11 is 1.67. The van der Waals surface area contributed by atoms with Crippen molar-refractivity contribution in [2.75, 3.05) is 30.0 Å². The summed E-state index contributed by atoms with van der Waals surface area (Å²) < 4.78 is 31.9. The monoisotopic (exact) mass is 486 g/mol. The van der Waals surface area contributed by atoms with Gasteiger partial charge in [0.1, 0.15) is 11.6 Å². The SMILES string of the molecule is CCC1=C(C(=O)OC)C(c2ccc(NC(=O)Nc3ccc(F)cc3F)cc2)N2CCCSC2=N1. The number of carbonyl (C=O) groups excluding carboxylic acids is 2. The Hall–Kier alpha value is -3.40. The fourth-order valence-electron chi connectivity index (χ4n) is 3.98. The molecule has 1 atom stereocenters. The zero-order chi connectivity index (χ0) is 24.2. The van der Waals surface area contributed by atoms with Crippen molar-refractivity contribution in [2.24, 2.45) is 4.99 Å². The van der Waals surface area contributed by atoms with Crippen LogP contribution in [0.2, 0.25) is 0 Å². The first-order valence-electron chi connectivity index (χ1n) is 10.8. The average Bonchev–Trinajstić information content (AvgIpc) is 2.84. The number of amides is 2. The highest BCUT2D eigenvalue weighted by molar-refractivity contribution is 8.13. The van der Waals surface area contributed by atoms with Crippen LogP contribution in [-0.4, -0.2) is 41.5 Å². The number of amidine groups is 1. The number of esters is 1. The van der Waals surface area contributed by atoms with E-state index in [4.69, 9.17) is 9.73 Å².